The van der Waals surface area contributed by atoms with Crippen LogP contribution in [0.15, 0.2) is 54.7 Å². The number of rotatable bonds is 6. The summed E-state index contributed by atoms with van der Waals surface area (Å²) in [4.78, 5) is 8.62. The van der Waals surface area contributed by atoms with Crippen LogP contribution in [0.2, 0.25) is 0 Å². The van der Waals surface area contributed by atoms with Crippen LogP contribution in [0.25, 0.3) is 11.3 Å². The summed E-state index contributed by atoms with van der Waals surface area (Å²) < 4.78 is 16.2. The number of nitrogens with zero attached hydrogens (tertiary/aromatic N) is 3. The molecule has 0 saturated heterocycles. The minimum Gasteiger partial charge on any atom is -0.493 e. The molecule has 6 nitrogen and oxygen atoms in total. The van der Waals surface area contributed by atoms with Crippen LogP contribution in [0.3, 0.4) is 0 Å². The minimum atomic E-state index is 0.133. The van der Waals surface area contributed by atoms with Crippen LogP contribution in [0.4, 0.5) is 0 Å². The molecule has 0 aliphatic rings. The minimum absolute atomic E-state index is 0.133. The lowest BCUT2D eigenvalue weighted by Gasteiger charge is -2.10. The predicted octanol–water partition coefficient (Wildman–Crippen LogP) is 3.61. The van der Waals surface area contributed by atoms with E-state index in [1.54, 1.807) is 32.5 Å². The van der Waals surface area contributed by atoms with E-state index in [-0.39, 0.29) is 11.6 Å². The zero-order chi connectivity index (χ0) is 18.4. The van der Waals surface area contributed by atoms with E-state index in [1.807, 2.05) is 42.5 Å². The fourth-order valence-corrected chi connectivity index (χ4v) is 2.42. The Bertz CT molecular complexity index is 937. The lowest BCUT2D eigenvalue weighted by molar-refractivity contribution is 0.291. The SMILES string of the molecule is COc1ccc(-c2cnc(OCc3ccccc3)c(C#N)n2)cc1OC. The Morgan fingerprint density at radius 2 is 1.77 bits per heavy atom. The molecule has 0 amide bonds. The number of hydrogen-bond donors (Lipinski definition) is 0. The second-order valence-corrected chi connectivity index (χ2v) is 5.36. The third kappa shape index (κ3) is 3.73. The predicted molar refractivity (Wildman–Crippen MR) is 96.1 cm³/mol. The summed E-state index contributed by atoms with van der Waals surface area (Å²) in [5, 5.41) is 9.39. The van der Waals surface area contributed by atoms with Crippen LogP contribution < -0.4 is 14.2 Å². The molecular weight excluding hydrogens is 330 g/mol. The lowest BCUT2D eigenvalue weighted by atomic mass is 10.1. The Morgan fingerprint density at radius 3 is 2.46 bits per heavy atom. The van der Waals surface area contributed by atoms with Gasteiger partial charge in [0, 0.05) is 5.56 Å². The van der Waals surface area contributed by atoms with Crippen LogP contribution in [0, 0.1) is 11.3 Å². The van der Waals surface area contributed by atoms with Crippen LogP contribution in [-0.4, -0.2) is 24.2 Å². The summed E-state index contributed by atoms with van der Waals surface area (Å²) in [5.74, 6) is 1.41. The first-order chi connectivity index (χ1) is 12.7. The molecule has 3 rings (SSSR count). The van der Waals surface area contributed by atoms with Gasteiger partial charge in [-0.25, -0.2) is 9.97 Å². The molecular formula is C20H17N3O3. The largest absolute Gasteiger partial charge is 0.493 e. The molecule has 0 spiro atoms. The van der Waals surface area contributed by atoms with Gasteiger partial charge in [-0.3, -0.25) is 0 Å². The first-order valence-corrected chi connectivity index (χ1v) is 7.91. The number of hydrogen-bond acceptors (Lipinski definition) is 6. The van der Waals surface area contributed by atoms with Gasteiger partial charge in [0.1, 0.15) is 12.7 Å². The number of nitriles is 1. The molecule has 0 aliphatic carbocycles. The highest BCUT2D eigenvalue weighted by molar-refractivity contribution is 5.64. The first kappa shape index (κ1) is 17.2. The average molecular weight is 347 g/mol. The zero-order valence-corrected chi connectivity index (χ0v) is 14.5. The van der Waals surface area contributed by atoms with Crippen molar-refractivity contribution in [2.45, 2.75) is 6.61 Å². The standard InChI is InChI=1S/C20H17N3O3/c1-24-18-9-8-15(10-19(18)25-2)17-12-22-20(16(11-21)23-17)26-13-14-6-4-3-5-7-14/h3-10,12H,13H2,1-2H3. The maximum Gasteiger partial charge on any atom is 0.251 e. The van der Waals surface area contributed by atoms with E-state index in [1.165, 1.54) is 0 Å². The monoisotopic (exact) mass is 347 g/mol. The second kappa shape index (κ2) is 7.99. The maximum absolute atomic E-state index is 9.39. The van der Waals surface area contributed by atoms with E-state index >= 15 is 0 Å². The molecule has 0 unspecified atom stereocenters. The van der Waals surface area contributed by atoms with Crippen molar-refractivity contribution in [2.24, 2.45) is 0 Å². The molecule has 0 bridgehead atoms. The molecule has 0 radical (unpaired) electrons. The van der Waals surface area contributed by atoms with E-state index in [4.69, 9.17) is 14.2 Å². The van der Waals surface area contributed by atoms with Gasteiger partial charge in [0.05, 0.1) is 26.1 Å². The lowest BCUT2D eigenvalue weighted by Crippen LogP contribution is -2.02. The van der Waals surface area contributed by atoms with Gasteiger partial charge in [-0.15, -0.1) is 0 Å². The number of benzene rings is 2. The van der Waals surface area contributed by atoms with Crippen molar-refractivity contribution in [3.8, 4) is 34.7 Å². The normalized spacial score (nSPS) is 10.0. The van der Waals surface area contributed by atoms with Gasteiger partial charge in [0.15, 0.2) is 11.5 Å². The average Bonchev–Trinajstić information content (AvgIpc) is 2.72. The van der Waals surface area contributed by atoms with Gasteiger partial charge in [-0.2, -0.15) is 5.26 Å². The van der Waals surface area contributed by atoms with Gasteiger partial charge in [0.25, 0.3) is 5.88 Å². The van der Waals surface area contributed by atoms with Crippen LogP contribution in [0.1, 0.15) is 11.3 Å². The number of aromatic nitrogens is 2. The summed E-state index contributed by atoms with van der Waals surface area (Å²) in [7, 11) is 3.14. The summed E-state index contributed by atoms with van der Waals surface area (Å²) in [6.45, 7) is 0.319. The number of ether oxygens (including phenoxy) is 3. The Morgan fingerprint density at radius 1 is 1.00 bits per heavy atom. The van der Waals surface area contributed by atoms with Crippen molar-refractivity contribution in [3.63, 3.8) is 0 Å². The molecule has 0 N–H and O–H groups in total. The molecule has 0 aliphatic heterocycles. The van der Waals surface area contributed by atoms with Crippen molar-refractivity contribution < 1.29 is 14.2 Å². The van der Waals surface area contributed by atoms with E-state index < -0.39 is 0 Å². The van der Waals surface area contributed by atoms with Gasteiger partial charge in [-0.05, 0) is 23.8 Å². The Labute approximate surface area is 151 Å². The van der Waals surface area contributed by atoms with E-state index in [0.29, 0.717) is 23.8 Å². The van der Waals surface area contributed by atoms with Gasteiger partial charge < -0.3 is 14.2 Å². The fraction of sp³-hybridized carbons (Fsp3) is 0.150. The molecule has 1 heterocycles. The van der Waals surface area contributed by atoms with Crippen molar-refractivity contribution in [1.82, 2.24) is 9.97 Å². The third-order valence-corrected chi connectivity index (χ3v) is 3.74. The van der Waals surface area contributed by atoms with Crippen LogP contribution >= 0.6 is 0 Å². The number of methoxy groups -OCH3 is 2. The zero-order valence-electron chi connectivity index (χ0n) is 14.5. The summed E-state index contributed by atoms with van der Waals surface area (Å²) in [6, 6.07) is 17.1. The summed E-state index contributed by atoms with van der Waals surface area (Å²) >= 11 is 0. The maximum atomic E-state index is 9.39. The van der Waals surface area contributed by atoms with Crippen LogP contribution in [-0.2, 0) is 6.61 Å². The van der Waals surface area contributed by atoms with E-state index in [0.717, 1.165) is 11.1 Å². The Kier molecular flexibility index (Phi) is 5.30. The topological polar surface area (TPSA) is 77.3 Å². The van der Waals surface area contributed by atoms with Crippen molar-refractivity contribution >= 4 is 0 Å². The quantitative estimate of drug-likeness (QED) is 0.678. The van der Waals surface area contributed by atoms with Gasteiger partial charge in [-0.1, -0.05) is 30.3 Å². The molecule has 0 fully saturated rings. The summed E-state index contributed by atoms with van der Waals surface area (Å²) in [6.07, 6.45) is 1.57. The Hall–Kier alpha value is -3.59. The van der Waals surface area contributed by atoms with Crippen molar-refractivity contribution in [1.29, 1.82) is 5.26 Å². The molecule has 1 aromatic heterocycles. The Balaban J connectivity index is 1.86. The second-order valence-electron chi connectivity index (χ2n) is 5.36. The van der Waals surface area contributed by atoms with Gasteiger partial charge >= 0.3 is 0 Å². The van der Waals surface area contributed by atoms with Gasteiger partial charge in [0.2, 0.25) is 5.69 Å². The molecule has 130 valence electrons. The highest BCUT2D eigenvalue weighted by Crippen LogP contribution is 2.32. The molecule has 3 aromatic rings. The highest BCUT2D eigenvalue weighted by Gasteiger charge is 2.12. The van der Waals surface area contributed by atoms with E-state index in [2.05, 4.69) is 9.97 Å². The van der Waals surface area contributed by atoms with Crippen molar-refractivity contribution in [3.05, 3.63) is 66.0 Å². The highest BCUT2D eigenvalue weighted by atomic mass is 16.5. The van der Waals surface area contributed by atoms with E-state index in [9.17, 15) is 5.26 Å². The fourth-order valence-electron chi connectivity index (χ4n) is 2.42. The van der Waals surface area contributed by atoms with Crippen LogP contribution in [0.5, 0.6) is 17.4 Å². The third-order valence-electron chi connectivity index (χ3n) is 3.74. The van der Waals surface area contributed by atoms with Crippen molar-refractivity contribution in [2.75, 3.05) is 14.2 Å². The summed E-state index contributed by atoms with van der Waals surface area (Å²) in [5.41, 5.74) is 2.44. The first-order valence-electron chi connectivity index (χ1n) is 7.91. The molecule has 0 atom stereocenters. The molecule has 0 saturated carbocycles. The molecule has 2 aromatic carbocycles. The smallest absolute Gasteiger partial charge is 0.251 e. The molecule has 6 heteroatoms. The molecule has 26 heavy (non-hydrogen) atoms.